The highest BCUT2D eigenvalue weighted by Crippen LogP contribution is 2.28. The van der Waals surface area contributed by atoms with Crippen LogP contribution in [0.3, 0.4) is 0 Å². The highest BCUT2D eigenvalue weighted by atomic mass is 32.2. The number of hydrogen-bond donors (Lipinski definition) is 0. The van der Waals surface area contributed by atoms with Crippen LogP contribution in [0.15, 0.2) is 0 Å². The van der Waals surface area contributed by atoms with Crippen LogP contribution in [0.5, 0.6) is 0 Å². The second kappa shape index (κ2) is 5.76. The van der Waals surface area contributed by atoms with Crippen molar-refractivity contribution in [2.45, 2.75) is 32.2 Å². The van der Waals surface area contributed by atoms with Crippen molar-refractivity contribution in [1.29, 1.82) is 0 Å². The van der Waals surface area contributed by atoms with Crippen LogP contribution in [0.1, 0.15) is 26.2 Å². The topological polar surface area (TPSA) is 46.6 Å². The van der Waals surface area contributed by atoms with E-state index in [-0.39, 0.29) is 23.8 Å². The molecule has 2 saturated heterocycles. The molecule has 0 aromatic heterocycles. The fourth-order valence-corrected chi connectivity index (χ4v) is 3.69. The Morgan fingerprint density at radius 3 is 2.88 bits per heavy atom. The second-order valence-corrected chi connectivity index (χ2v) is 5.65. The van der Waals surface area contributed by atoms with E-state index in [1.54, 1.807) is 11.8 Å². The lowest BCUT2D eigenvalue weighted by atomic mass is 10.1. The van der Waals surface area contributed by atoms with Crippen molar-refractivity contribution < 1.29 is 14.3 Å². The summed E-state index contributed by atoms with van der Waals surface area (Å²) in [5.74, 6) is 2.02. The van der Waals surface area contributed by atoms with Crippen molar-refractivity contribution in [2.24, 2.45) is 5.92 Å². The molecule has 96 valence electrons. The normalized spacial score (nSPS) is 28.4. The maximum atomic E-state index is 12.3. The Hall–Kier alpha value is -0.710. The largest absolute Gasteiger partial charge is 0.464 e. The number of esters is 1. The highest BCUT2D eigenvalue weighted by molar-refractivity contribution is 7.99. The van der Waals surface area contributed by atoms with Crippen LogP contribution in [-0.4, -0.2) is 47.5 Å². The lowest BCUT2D eigenvalue weighted by Gasteiger charge is -2.25. The summed E-state index contributed by atoms with van der Waals surface area (Å²) in [5, 5.41) is 0. The summed E-state index contributed by atoms with van der Waals surface area (Å²) in [6.45, 7) is 2.90. The number of nitrogens with zero attached hydrogens (tertiary/aromatic N) is 1. The predicted octanol–water partition coefficient (Wildman–Crippen LogP) is 1.29. The van der Waals surface area contributed by atoms with Gasteiger partial charge in [0.25, 0.3) is 0 Å². The SMILES string of the molecule is CCOC(=O)C1CCCN1C(=O)C1CCSC1. The monoisotopic (exact) mass is 257 g/mol. The molecule has 17 heavy (non-hydrogen) atoms. The number of carbonyl (C=O) groups excluding carboxylic acids is 2. The number of rotatable bonds is 3. The maximum absolute atomic E-state index is 12.3. The molecule has 4 nitrogen and oxygen atoms in total. The Kier molecular flexibility index (Phi) is 4.31. The average Bonchev–Trinajstić information content (AvgIpc) is 3.00. The van der Waals surface area contributed by atoms with E-state index in [1.807, 2.05) is 11.8 Å². The van der Waals surface area contributed by atoms with E-state index in [0.29, 0.717) is 13.2 Å². The first-order valence-corrected chi connectivity index (χ1v) is 7.44. The Morgan fingerprint density at radius 1 is 1.41 bits per heavy atom. The van der Waals surface area contributed by atoms with Crippen LogP contribution in [-0.2, 0) is 14.3 Å². The van der Waals surface area contributed by atoms with E-state index >= 15 is 0 Å². The molecule has 0 bridgehead atoms. The van der Waals surface area contributed by atoms with Crippen molar-refractivity contribution >= 4 is 23.6 Å². The molecule has 0 aromatic rings. The third-order valence-electron chi connectivity index (χ3n) is 3.37. The van der Waals surface area contributed by atoms with Gasteiger partial charge in [-0.1, -0.05) is 0 Å². The first-order valence-electron chi connectivity index (χ1n) is 6.29. The zero-order valence-corrected chi connectivity index (χ0v) is 11.0. The molecule has 1 amide bonds. The van der Waals surface area contributed by atoms with Crippen LogP contribution < -0.4 is 0 Å². The molecule has 2 fully saturated rings. The number of hydrogen-bond acceptors (Lipinski definition) is 4. The van der Waals surface area contributed by atoms with Crippen LogP contribution in [0.25, 0.3) is 0 Å². The second-order valence-electron chi connectivity index (χ2n) is 4.50. The van der Waals surface area contributed by atoms with Gasteiger partial charge in [0.1, 0.15) is 6.04 Å². The minimum atomic E-state index is -0.326. The smallest absolute Gasteiger partial charge is 0.328 e. The maximum Gasteiger partial charge on any atom is 0.328 e. The number of thioether (sulfide) groups is 1. The quantitative estimate of drug-likeness (QED) is 0.715. The average molecular weight is 257 g/mol. The van der Waals surface area contributed by atoms with Crippen molar-refractivity contribution in [2.75, 3.05) is 24.7 Å². The molecule has 2 rings (SSSR count). The van der Waals surface area contributed by atoms with E-state index < -0.39 is 0 Å². The van der Waals surface area contributed by atoms with Crippen molar-refractivity contribution in [3.63, 3.8) is 0 Å². The molecule has 0 spiro atoms. The van der Waals surface area contributed by atoms with E-state index in [2.05, 4.69) is 0 Å². The summed E-state index contributed by atoms with van der Waals surface area (Å²) >= 11 is 1.83. The van der Waals surface area contributed by atoms with Crippen molar-refractivity contribution in [3.05, 3.63) is 0 Å². The molecule has 0 saturated carbocycles. The van der Waals surface area contributed by atoms with Gasteiger partial charge in [-0.3, -0.25) is 4.79 Å². The van der Waals surface area contributed by atoms with E-state index in [0.717, 1.165) is 30.8 Å². The van der Waals surface area contributed by atoms with Crippen LogP contribution in [0.4, 0.5) is 0 Å². The van der Waals surface area contributed by atoms with Gasteiger partial charge in [-0.25, -0.2) is 4.79 Å². The van der Waals surface area contributed by atoms with Crippen LogP contribution in [0.2, 0.25) is 0 Å². The van der Waals surface area contributed by atoms with Crippen LogP contribution in [0, 0.1) is 5.92 Å². The van der Waals surface area contributed by atoms with Crippen LogP contribution >= 0.6 is 11.8 Å². The zero-order valence-electron chi connectivity index (χ0n) is 10.2. The molecule has 2 unspecified atom stereocenters. The standard InChI is InChI=1S/C12H19NO3S/c1-2-16-12(15)10-4-3-6-13(10)11(14)9-5-7-17-8-9/h9-10H,2-8H2,1H3. The summed E-state index contributed by atoms with van der Waals surface area (Å²) < 4.78 is 5.03. The van der Waals surface area contributed by atoms with Gasteiger partial charge in [-0.15, -0.1) is 0 Å². The summed E-state index contributed by atoms with van der Waals surface area (Å²) in [5.41, 5.74) is 0. The fraction of sp³-hybridized carbons (Fsp3) is 0.833. The zero-order chi connectivity index (χ0) is 12.3. The molecule has 0 aromatic carbocycles. The Morgan fingerprint density at radius 2 is 2.24 bits per heavy atom. The lowest BCUT2D eigenvalue weighted by molar-refractivity contribution is -0.154. The molecule has 2 heterocycles. The van der Waals surface area contributed by atoms with Gasteiger partial charge in [0, 0.05) is 18.2 Å². The summed E-state index contributed by atoms with van der Waals surface area (Å²) in [6.07, 6.45) is 2.62. The fourth-order valence-electron chi connectivity index (χ4n) is 2.48. The minimum absolute atomic E-state index is 0.120. The molecular formula is C12H19NO3S. The van der Waals surface area contributed by atoms with Gasteiger partial charge < -0.3 is 9.64 Å². The summed E-state index contributed by atoms with van der Waals surface area (Å²) in [6, 6.07) is -0.326. The van der Waals surface area contributed by atoms with Gasteiger partial charge in [0.2, 0.25) is 5.91 Å². The molecule has 2 atom stereocenters. The van der Waals surface area contributed by atoms with E-state index in [4.69, 9.17) is 4.74 Å². The number of carbonyl (C=O) groups is 2. The Balaban J connectivity index is 1.98. The molecule has 2 aliphatic rings. The van der Waals surface area contributed by atoms with Crippen molar-refractivity contribution in [1.82, 2.24) is 4.90 Å². The van der Waals surface area contributed by atoms with Gasteiger partial charge in [-0.05, 0) is 31.9 Å². The minimum Gasteiger partial charge on any atom is -0.464 e. The van der Waals surface area contributed by atoms with Gasteiger partial charge >= 0.3 is 5.97 Å². The number of amides is 1. The highest BCUT2D eigenvalue weighted by Gasteiger charge is 2.38. The first kappa shape index (κ1) is 12.7. The van der Waals surface area contributed by atoms with Gasteiger partial charge in [0.15, 0.2) is 0 Å². The molecule has 0 radical (unpaired) electrons. The first-order chi connectivity index (χ1) is 8.24. The molecule has 0 N–H and O–H groups in total. The molecular weight excluding hydrogens is 238 g/mol. The van der Waals surface area contributed by atoms with Gasteiger partial charge in [0.05, 0.1) is 6.61 Å². The third-order valence-corrected chi connectivity index (χ3v) is 4.54. The predicted molar refractivity (Wildman–Crippen MR) is 66.8 cm³/mol. The number of likely N-dealkylation sites (tertiary alicyclic amines) is 1. The lowest BCUT2D eigenvalue weighted by Crippen LogP contribution is -2.44. The third kappa shape index (κ3) is 2.76. The van der Waals surface area contributed by atoms with Gasteiger partial charge in [-0.2, -0.15) is 11.8 Å². The molecule has 0 aliphatic carbocycles. The Labute approximate surface area is 106 Å². The van der Waals surface area contributed by atoms with Crippen molar-refractivity contribution in [3.8, 4) is 0 Å². The van der Waals surface area contributed by atoms with E-state index in [1.165, 1.54) is 0 Å². The Bertz CT molecular complexity index is 302. The molecule has 5 heteroatoms. The molecule has 2 aliphatic heterocycles. The summed E-state index contributed by atoms with van der Waals surface area (Å²) in [4.78, 5) is 25.8. The van der Waals surface area contributed by atoms with E-state index in [9.17, 15) is 9.59 Å². The summed E-state index contributed by atoms with van der Waals surface area (Å²) in [7, 11) is 0. The number of ether oxygens (including phenoxy) is 1.